The lowest BCUT2D eigenvalue weighted by Gasteiger charge is -2.44. The van der Waals surface area contributed by atoms with Crippen LogP contribution in [0.5, 0.6) is 0 Å². The molecule has 0 aromatic rings. The second-order valence-corrected chi connectivity index (χ2v) is 7.68. The van der Waals surface area contributed by atoms with Crippen LogP contribution in [0.1, 0.15) is 60.8 Å². The van der Waals surface area contributed by atoms with Gasteiger partial charge in [-0.05, 0) is 52.4 Å². The van der Waals surface area contributed by atoms with Crippen molar-refractivity contribution in [1.82, 2.24) is 4.90 Å². The van der Waals surface area contributed by atoms with E-state index in [1.165, 1.54) is 0 Å². The molecule has 0 saturated carbocycles. The Kier molecular flexibility index (Phi) is 4.88. The van der Waals surface area contributed by atoms with E-state index in [9.17, 15) is 4.79 Å². The Morgan fingerprint density at radius 2 is 2.05 bits per heavy atom. The standard InChI is InChI=1S/C15H30N2O2/c1-11(16)9-12-7-8-15(5,6)10-17(12)13(18)19-14(2,3)4/h11-12H,7-10,16H2,1-6H3/t11-,12?/m1/s1. The molecule has 1 aliphatic heterocycles. The first kappa shape index (κ1) is 16.3. The summed E-state index contributed by atoms with van der Waals surface area (Å²) < 4.78 is 5.53. The minimum atomic E-state index is -0.447. The van der Waals surface area contributed by atoms with Gasteiger partial charge in [0.25, 0.3) is 0 Å². The molecular weight excluding hydrogens is 240 g/mol. The number of likely N-dealkylation sites (tertiary alicyclic amines) is 1. The maximum Gasteiger partial charge on any atom is 0.410 e. The van der Waals surface area contributed by atoms with E-state index in [4.69, 9.17) is 10.5 Å². The summed E-state index contributed by atoms with van der Waals surface area (Å²) in [4.78, 5) is 14.2. The molecule has 0 bridgehead atoms. The zero-order valence-electron chi connectivity index (χ0n) is 13.3. The molecule has 1 rings (SSSR count). The number of hydrogen-bond acceptors (Lipinski definition) is 3. The van der Waals surface area contributed by atoms with Crippen molar-refractivity contribution in [3.05, 3.63) is 0 Å². The Morgan fingerprint density at radius 3 is 2.53 bits per heavy atom. The summed E-state index contributed by atoms with van der Waals surface area (Å²) in [6.45, 7) is 12.9. The van der Waals surface area contributed by atoms with Crippen molar-refractivity contribution in [3.63, 3.8) is 0 Å². The lowest BCUT2D eigenvalue weighted by Crippen LogP contribution is -2.52. The van der Waals surface area contributed by atoms with E-state index in [1.54, 1.807) is 0 Å². The largest absolute Gasteiger partial charge is 0.444 e. The quantitative estimate of drug-likeness (QED) is 0.838. The van der Waals surface area contributed by atoms with Crippen LogP contribution in [-0.2, 0) is 4.74 Å². The second kappa shape index (κ2) is 5.70. The third kappa shape index (κ3) is 5.39. The third-order valence-electron chi connectivity index (χ3n) is 3.47. The van der Waals surface area contributed by atoms with Crippen LogP contribution in [0.2, 0.25) is 0 Å². The first-order valence-electron chi connectivity index (χ1n) is 7.25. The molecule has 19 heavy (non-hydrogen) atoms. The van der Waals surface area contributed by atoms with E-state index in [-0.39, 0.29) is 23.6 Å². The molecule has 4 heteroatoms. The van der Waals surface area contributed by atoms with Gasteiger partial charge >= 0.3 is 6.09 Å². The summed E-state index contributed by atoms with van der Waals surface area (Å²) in [6, 6.07) is 0.319. The van der Waals surface area contributed by atoms with Crippen LogP contribution in [-0.4, -0.2) is 35.2 Å². The molecule has 1 saturated heterocycles. The number of amides is 1. The summed E-state index contributed by atoms with van der Waals surface area (Å²) in [7, 11) is 0. The van der Waals surface area contributed by atoms with Crippen molar-refractivity contribution in [2.75, 3.05) is 6.54 Å². The van der Waals surface area contributed by atoms with Gasteiger partial charge in [0.1, 0.15) is 5.60 Å². The molecule has 1 heterocycles. The van der Waals surface area contributed by atoms with Crippen LogP contribution in [0.25, 0.3) is 0 Å². The lowest BCUT2D eigenvalue weighted by molar-refractivity contribution is -0.00940. The van der Waals surface area contributed by atoms with Crippen LogP contribution in [0.3, 0.4) is 0 Å². The minimum Gasteiger partial charge on any atom is -0.444 e. The predicted molar refractivity (Wildman–Crippen MR) is 78.0 cm³/mol. The maximum absolute atomic E-state index is 12.4. The van der Waals surface area contributed by atoms with Gasteiger partial charge in [0.05, 0.1) is 0 Å². The Hall–Kier alpha value is -0.770. The number of rotatable bonds is 2. The van der Waals surface area contributed by atoms with Gasteiger partial charge in [0.2, 0.25) is 0 Å². The number of piperidine rings is 1. The van der Waals surface area contributed by atoms with Crippen LogP contribution in [0.15, 0.2) is 0 Å². The molecule has 0 spiro atoms. The van der Waals surface area contributed by atoms with Crippen molar-refractivity contribution in [2.45, 2.75) is 78.5 Å². The molecule has 1 amide bonds. The lowest BCUT2D eigenvalue weighted by atomic mass is 9.80. The van der Waals surface area contributed by atoms with Gasteiger partial charge in [-0.15, -0.1) is 0 Å². The van der Waals surface area contributed by atoms with Gasteiger partial charge in [-0.2, -0.15) is 0 Å². The van der Waals surface area contributed by atoms with E-state index in [0.717, 1.165) is 25.8 Å². The van der Waals surface area contributed by atoms with E-state index in [1.807, 2.05) is 32.6 Å². The van der Waals surface area contributed by atoms with Crippen molar-refractivity contribution >= 4 is 6.09 Å². The van der Waals surface area contributed by atoms with E-state index >= 15 is 0 Å². The molecule has 0 aromatic carbocycles. The van der Waals surface area contributed by atoms with Crippen LogP contribution < -0.4 is 5.73 Å². The molecule has 1 fully saturated rings. The Labute approximate surface area is 117 Å². The van der Waals surface area contributed by atoms with E-state index < -0.39 is 5.60 Å². The molecule has 112 valence electrons. The highest BCUT2D eigenvalue weighted by Gasteiger charge is 2.37. The molecule has 2 N–H and O–H groups in total. The van der Waals surface area contributed by atoms with E-state index in [0.29, 0.717) is 0 Å². The topological polar surface area (TPSA) is 55.6 Å². The summed E-state index contributed by atoms with van der Waals surface area (Å²) in [5, 5.41) is 0. The number of nitrogens with zero attached hydrogens (tertiary/aromatic N) is 1. The summed E-state index contributed by atoms with van der Waals surface area (Å²) in [6.07, 6.45) is 2.78. The maximum atomic E-state index is 12.4. The van der Waals surface area contributed by atoms with Gasteiger partial charge < -0.3 is 15.4 Å². The molecule has 0 aliphatic carbocycles. The fourth-order valence-corrected chi connectivity index (χ4v) is 2.59. The predicted octanol–water partition coefficient (Wildman–Crippen LogP) is 3.15. The highest BCUT2D eigenvalue weighted by molar-refractivity contribution is 5.68. The Balaban J connectivity index is 2.79. The molecule has 0 aromatic heterocycles. The van der Waals surface area contributed by atoms with Crippen molar-refractivity contribution < 1.29 is 9.53 Å². The van der Waals surface area contributed by atoms with Gasteiger partial charge in [-0.3, -0.25) is 0 Å². The number of hydrogen-bond donors (Lipinski definition) is 1. The SMILES string of the molecule is C[C@@H](N)CC1CCC(C)(C)CN1C(=O)OC(C)(C)C. The van der Waals surface area contributed by atoms with Crippen molar-refractivity contribution in [3.8, 4) is 0 Å². The molecule has 1 unspecified atom stereocenters. The van der Waals surface area contributed by atoms with Gasteiger partial charge in [-0.25, -0.2) is 4.79 Å². The van der Waals surface area contributed by atoms with E-state index in [2.05, 4.69) is 13.8 Å². The average molecular weight is 270 g/mol. The van der Waals surface area contributed by atoms with Gasteiger partial charge in [0.15, 0.2) is 0 Å². The van der Waals surface area contributed by atoms with Crippen LogP contribution >= 0.6 is 0 Å². The Bertz CT molecular complexity index is 319. The Morgan fingerprint density at radius 1 is 1.47 bits per heavy atom. The number of carbonyl (C=O) groups excluding carboxylic acids is 1. The average Bonchev–Trinajstić information content (AvgIpc) is 2.17. The first-order valence-corrected chi connectivity index (χ1v) is 7.25. The van der Waals surface area contributed by atoms with Gasteiger partial charge in [0, 0.05) is 18.6 Å². The third-order valence-corrected chi connectivity index (χ3v) is 3.47. The molecule has 0 radical (unpaired) electrons. The van der Waals surface area contributed by atoms with Crippen molar-refractivity contribution in [1.29, 1.82) is 0 Å². The normalized spacial score (nSPS) is 25.0. The van der Waals surface area contributed by atoms with Crippen LogP contribution in [0.4, 0.5) is 4.79 Å². The fraction of sp³-hybridized carbons (Fsp3) is 0.933. The van der Waals surface area contributed by atoms with Crippen LogP contribution in [0, 0.1) is 5.41 Å². The number of nitrogens with two attached hydrogens (primary N) is 1. The summed E-state index contributed by atoms with van der Waals surface area (Å²) in [5.41, 5.74) is 5.61. The first-order chi connectivity index (χ1) is 8.50. The molecule has 4 nitrogen and oxygen atoms in total. The monoisotopic (exact) mass is 270 g/mol. The summed E-state index contributed by atoms with van der Waals surface area (Å²) in [5.74, 6) is 0. The second-order valence-electron chi connectivity index (χ2n) is 7.68. The highest BCUT2D eigenvalue weighted by Crippen LogP contribution is 2.34. The number of ether oxygens (including phenoxy) is 1. The molecule has 1 aliphatic rings. The highest BCUT2D eigenvalue weighted by atomic mass is 16.6. The smallest absolute Gasteiger partial charge is 0.410 e. The number of carbonyl (C=O) groups is 1. The van der Waals surface area contributed by atoms with Crippen molar-refractivity contribution in [2.24, 2.45) is 11.1 Å². The van der Waals surface area contributed by atoms with Gasteiger partial charge in [-0.1, -0.05) is 13.8 Å². The molecular formula is C15H30N2O2. The summed E-state index contributed by atoms with van der Waals surface area (Å²) >= 11 is 0. The minimum absolute atomic E-state index is 0.108. The zero-order chi connectivity index (χ0) is 14.8. The molecule has 2 atom stereocenters. The zero-order valence-corrected chi connectivity index (χ0v) is 13.3. The fourth-order valence-electron chi connectivity index (χ4n) is 2.59.